The Balaban J connectivity index is 2.05. The summed E-state index contributed by atoms with van der Waals surface area (Å²) in [4.78, 5) is 0. The molecule has 0 spiro atoms. The molecule has 0 aliphatic carbocycles. The molecule has 20 heavy (non-hydrogen) atoms. The highest BCUT2D eigenvalue weighted by atomic mass is 15.0. The van der Waals surface area contributed by atoms with E-state index in [9.17, 15) is 0 Å². The number of hydrogen-bond acceptors (Lipinski definition) is 1. The van der Waals surface area contributed by atoms with Gasteiger partial charge in [0.1, 0.15) is 0 Å². The molecule has 2 aromatic carbocycles. The SMILES string of the molecule is Cc1cc2cc(-c3ccccc3)ccc2n1CCCN. The number of hydrogen-bond donors (Lipinski definition) is 1. The van der Waals surface area contributed by atoms with Gasteiger partial charge >= 0.3 is 0 Å². The highest BCUT2D eigenvalue weighted by Crippen LogP contribution is 2.26. The third-order valence-corrected chi connectivity index (χ3v) is 3.80. The smallest absolute Gasteiger partial charge is 0.0482 e. The number of benzene rings is 2. The van der Waals surface area contributed by atoms with Crippen LogP contribution in [0.5, 0.6) is 0 Å². The first-order chi connectivity index (χ1) is 9.79. The second-order valence-electron chi connectivity index (χ2n) is 5.22. The number of rotatable bonds is 4. The fraction of sp³-hybridized carbons (Fsp3) is 0.222. The average Bonchev–Trinajstić information content (AvgIpc) is 2.80. The molecule has 1 aromatic heterocycles. The largest absolute Gasteiger partial charge is 0.345 e. The molecule has 2 nitrogen and oxygen atoms in total. The van der Waals surface area contributed by atoms with E-state index in [4.69, 9.17) is 5.73 Å². The molecule has 0 bridgehead atoms. The van der Waals surface area contributed by atoms with E-state index in [0.717, 1.165) is 19.5 Å². The van der Waals surface area contributed by atoms with Gasteiger partial charge in [0.25, 0.3) is 0 Å². The third kappa shape index (κ3) is 2.35. The van der Waals surface area contributed by atoms with Crippen LogP contribution in [0.2, 0.25) is 0 Å². The van der Waals surface area contributed by atoms with Crippen molar-refractivity contribution in [2.75, 3.05) is 6.54 Å². The van der Waals surface area contributed by atoms with Crippen LogP contribution < -0.4 is 5.73 Å². The lowest BCUT2D eigenvalue weighted by Crippen LogP contribution is -2.06. The van der Waals surface area contributed by atoms with E-state index in [0.29, 0.717) is 0 Å². The van der Waals surface area contributed by atoms with E-state index < -0.39 is 0 Å². The van der Waals surface area contributed by atoms with E-state index in [1.807, 2.05) is 0 Å². The summed E-state index contributed by atoms with van der Waals surface area (Å²) in [5.41, 5.74) is 10.8. The maximum atomic E-state index is 5.63. The van der Waals surface area contributed by atoms with Gasteiger partial charge in [-0.25, -0.2) is 0 Å². The predicted molar refractivity (Wildman–Crippen MR) is 85.8 cm³/mol. The first-order valence-corrected chi connectivity index (χ1v) is 7.15. The topological polar surface area (TPSA) is 30.9 Å². The Morgan fingerprint density at radius 2 is 1.75 bits per heavy atom. The zero-order valence-electron chi connectivity index (χ0n) is 11.8. The van der Waals surface area contributed by atoms with Crippen molar-refractivity contribution in [3.63, 3.8) is 0 Å². The van der Waals surface area contributed by atoms with Crippen molar-refractivity contribution in [2.24, 2.45) is 5.73 Å². The molecule has 2 N–H and O–H groups in total. The lowest BCUT2D eigenvalue weighted by molar-refractivity contribution is 0.657. The van der Waals surface area contributed by atoms with Crippen molar-refractivity contribution in [3.8, 4) is 11.1 Å². The van der Waals surface area contributed by atoms with Crippen molar-refractivity contribution in [1.82, 2.24) is 4.57 Å². The molecule has 1 heterocycles. The number of aryl methyl sites for hydroxylation is 2. The standard InChI is InChI=1S/C18H20N2/c1-14-12-17-13-16(15-6-3-2-4-7-15)8-9-18(17)20(14)11-5-10-19/h2-4,6-9,12-13H,5,10-11,19H2,1H3. The van der Waals surface area contributed by atoms with Crippen LogP contribution in [0, 0.1) is 6.92 Å². The monoisotopic (exact) mass is 264 g/mol. The molecule has 0 unspecified atom stereocenters. The summed E-state index contributed by atoms with van der Waals surface area (Å²) in [6.07, 6.45) is 1.02. The van der Waals surface area contributed by atoms with Gasteiger partial charge in [-0.15, -0.1) is 0 Å². The van der Waals surface area contributed by atoms with Crippen LogP contribution >= 0.6 is 0 Å². The minimum Gasteiger partial charge on any atom is -0.345 e. The van der Waals surface area contributed by atoms with Crippen LogP contribution in [0.4, 0.5) is 0 Å². The van der Waals surface area contributed by atoms with Gasteiger partial charge in [0, 0.05) is 23.1 Å². The Labute approximate surface area is 119 Å². The van der Waals surface area contributed by atoms with E-state index in [1.165, 1.54) is 27.7 Å². The molecule has 0 saturated heterocycles. The Kier molecular flexibility index (Phi) is 3.57. The van der Waals surface area contributed by atoms with Crippen molar-refractivity contribution < 1.29 is 0 Å². The number of nitrogens with two attached hydrogens (primary N) is 1. The molecule has 0 amide bonds. The van der Waals surface area contributed by atoms with Crippen LogP contribution in [0.3, 0.4) is 0 Å². The van der Waals surface area contributed by atoms with Crippen LogP contribution in [-0.2, 0) is 6.54 Å². The van der Waals surface area contributed by atoms with Crippen LogP contribution in [0.15, 0.2) is 54.6 Å². The molecule has 0 saturated carbocycles. The molecule has 0 aliphatic heterocycles. The Morgan fingerprint density at radius 1 is 0.950 bits per heavy atom. The molecule has 3 aromatic rings. The zero-order valence-corrected chi connectivity index (χ0v) is 11.8. The van der Waals surface area contributed by atoms with Gasteiger partial charge in [-0.1, -0.05) is 36.4 Å². The number of aromatic nitrogens is 1. The highest BCUT2D eigenvalue weighted by molar-refractivity contribution is 5.86. The van der Waals surface area contributed by atoms with Crippen LogP contribution in [0.25, 0.3) is 22.0 Å². The first-order valence-electron chi connectivity index (χ1n) is 7.15. The van der Waals surface area contributed by atoms with Gasteiger partial charge in [0.15, 0.2) is 0 Å². The van der Waals surface area contributed by atoms with E-state index in [2.05, 4.69) is 66.1 Å². The molecule has 2 heteroatoms. The molecule has 0 atom stereocenters. The summed E-state index contributed by atoms with van der Waals surface area (Å²) in [7, 11) is 0. The van der Waals surface area contributed by atoms with Crippen molar-refractivity contribution in [1.29, 1.82) is 0 Å². The van der Waals surface area contributed by atoms with Gasteiger partial charge < -0.3 is 10.3 Å². The quantitative estimate of drug-likeness (QED) is 0.759. The van der Waals surface area contributed by atoms with Gasteiger partial charge in [0.05, 0.1) is 0 Å². The number of fused-ring (bicyclic) bond motifs is 1. The zero-order chi connectivity index (χ0) is 13.9. The van der Waals surface area contributed by atoms with E-state index in [-0.39, 0.29) is 0 Å². The van der Waals surface area contributed by atoms with Gasteiger partial charge in [-0.2, -0.15) is 0 Å². The molecule has 0 fully saturated rings. The highest BCUT2D eigenvalue weighted by Gasteiger charge is 2.06. The number of nitrogens with zero attached hydrogens (tertiary/aromatic N) is 1. The summed E-state index contributed by atoms with van der Waals surface area (Å²) in [6, 6.07) is 19.5. The fourth-order valence-electron chi connectivity index (χ4n) is 2.77. The molecular formula is C18H20N2. The molecule has 0 radical (unpaired) electrons. The van der Waals surface area contributed by atoms with Crippen molar-refractivity contribution in [3.05, 3.63) is 60.3 Å². The van der Waals surface area contributed by atoms with Crippen molar-refractivity contribution >= 4 is 10.9 Å². The Bertz CT molecular complexity index is 711. The Morgan fingerprint density at radius 3 is 2.50 bits per heavy atom. The lowest BCUT2D eigenvalue weighted by Gasteiger charge is -2.08. The summed E-state index contributed by atoms with van der Waals surface area (Å²) in [5.74, 6) is 0. The second-order valence-corrected chi connectivity index (χ2v) is 5.22. The molecule has 0 aliphatic rings. The van der Waals surface area contributed by atoms with Gasteiger partial charge in [-0.05, 0) is 49.2 Å². The Hall–Kier alpha value is -2.06. The third-order valence-electron chi connectivity index (χ3n) is 3.80. The molecular weight excluding hydrogens is 244 g/mol. The van der Waals surface area contributed by atoms with Gasteiger partial charge in [0.2, 0.25) is 0 Å². The summed E-state index contributed by atoms with van der Waals surface area (Å²) < 4.78 is 2.36. The maximum absolute atomic E-state index is 5.63. The lowest BCUT2D eigenvalue weighted by atomic mass is 10.0. The summed E-state index contributed by atoms with van der Waals surface area (Å²) in [6.45, 7) is 3.90. The maximum Gasteiger partial charge on any atom is 0.0482 e. The van der Waals surface area contributed by atoms with Crippen LogP contribution in [0.1, 0.15) is 12.1 Å². The first kappa shape index (κ1) is 12.9. The van der Waals surface area contributed by atoms with E-state index in [1.54, 1.807) is 0 Å². The fourth-order valence-corrected chi connectivity index (χ4v) is 2.77. The second kappa shape index (κ2) is 5.51. The van der Waals surface area contributed by atoms with Crippen LogP contribution in [-0.4, -0.2) is 11.1 Å². The average molecular weight is 264 g/mol. The minimum absolute atomic E-state index is 0.737. The normalized spacial score (nSPS) is 11.1. The molecule has 3 rings (SSSR count). The van der Waals surface area contributed by atoms with E-state index >= 15 is 0 Å². The summed E-state index contributed by atoms with van der Waals surface area (Å²) in [5, 5.41) is 1.31. The summed E-state index contributed by atoms with van der Waals surface area (Å²) >= 11 is 0. The van der Waals surface area contributed by atoms with Crippen molar-refractivity contribution in [2.45, 2.75) is 19.9 Å². The minimum atomic E-state index is 0.737. The predicted octanol–water partition coefficient (Wildman–Crippen LogP) is 3.97. The molecule has 102 valence electrons. The van der Waals surface area contributed by atoms with Gasteiger partial charge in [-0.3, -0.25) is 0 Å².